The van der Waals surface area contributed by atoms with Crippen LogP contribution in [0.3, 0.4) is 0 Å². The second kappa shape index (κ2) is 5.12. The van der Waals surface area contributed by atoms with Gasteiger partial charge in [0.1, 0.15) is 0 Å². The van der Waals surface area contributed by atoms with Crippen molar-refractivity contribution < 1.29 is 4.79 Å². The zero-order valence-corrected chi connectivity index (χ0v) is 12.5. The normalized spacial score (nSPS) is 20.4. The first-order valence-electron chi connectivity index (χ1n) is 7.77. The number of benzene rings is 1. The van der Waals surface area contributed by atoms with Gasteiger partial charge in [0.05, 0.1) is 0 Å². The third-order valence-electron chi connectivity index (χ3n) is 5.17. The number of hydrogen-bond donors (Lipinski definition) is 1. The summed E-state index contributed by atoms with van der Waals surface area (Å²) >= 11 is 0. The maximum atomic E-state index is 12.6. The molecule has 0 aromatic heterocycles. The Hall–Kier alpha value is -1.51. The molecule has 1 aromatic carbocycles. The first kappa shape index (κ1) is 13.5. The van der Waals surface area contributed by atoms with Gasteiger partial charge in [0, 0.05) is 30.9 Å². The summed E-state index contributed by atoms with van der Waals surface area (Å²) in [6.07, 6.45) is 4.49. The van der Waals surface area contributed by atoms with Gasteiger partial charge in [-0.15, -0.1) is 0 Å². The Morgan fingerprint density at radius 3 is 2.80 bits per heavy atom. The van der Waals surface area contributed by atoms with E-state index in [4.69, 9.17) is 0 Å². The van der Waals surface area contributed by atoms with Crippen LogP contribution in [0.1, 0.15) is 49.0 Å². The van der Waals surface area contributed by atoms with Gasteiger partial charge in [-0.2, -0.15) is 0 Å². The van der Waals surface area contributed by atoms with Gasteiger partial charge in [0.2, 0.25) is 0 Å². The number of hydrogen-bond acceptors (Lipinski definition) is 2. The van der Waals surface area contributed by atoms with Crippen molar-refractivity contribution in [2.75, 3.05) is 25.0 Å². The molecule has 0 bridgehead atoms. The number of piperidine rings is 1. The van der Waals surface area contributed by atoms with Gasteiger partial charge >= 0.3 is 0 Å². The van der Waals surface area contributed by atoms with Gasteiger partial charge in [-0.05, 0) is 48.4 Å². The van der Waals surface area contributed by atoms with E-state index >= 15 is 0 Å². The molecular weight excluding hydrogens is 248 g/mol. The number of nitrogens with one attached hydrogen (secondary N) is 1. The standard InChI is InChI=1S/C17H24N2O/c1-3-17(2)7-10-19(11-8-17)16(20)14-4-5-15-13(12-14)6-9-18-15/h4-5,12,18H,3,6-11H2,1-2H3. The molecular formula is C17H24N2O. The molecule has 0 unspecified atom stereocenters. The highest BCUT2D eigenvalue weighted by Gasteiger charge is 2.30. The highest BCUT2D eigenvalue weighted by Crippen LogP contribution is 2.34. The molecule has 2 heterocycles. The highest BCUT2D eigenvalue weighted by molar-refractivity contribution is 5.95. The molecule has 1 aromatic rings. The van der Waals surface area contributed by atoms with Crippen molar-refractivity contribution in [1.82, 2.24) is 4.90 Å². The van der Waals surface area contributed by atoms with E-state index in [9.17, 15) is 4.79 Å². The van der Waals surface area contributed by atoms with Crippen molar-refractivity contribution in [1.29, 1.82) is 0 Å². The van der Waals surface area contributed by atoms with Crippen molar-refractivity contribution >= 4 is 11.6 Å². The van der Waals surface area contributed by atoms with E-state index in [0.717, 1.165) is 44.5 Å². The first-order chi connectivity index (χ1) is 9.61. The first-order valence-corrected chi connectivity index (χ1v) is 7.77. The molecule has 2 aliphatic rings. The largest absolute Gasteiger partial charge is 0.384 e. The summed E-state index contributed by atoms with van der Waals surface area (Å²) in [6, 6.07) is 6.09. The number of likely N-dealkylation sites (tertiary alicyclic amines) is 1. The predicted octanol–water partition coefficient (Wildman–Crippen LogP) is 3.31. The maximum Gasteiger partial charge on any atom is 0.253 e. The van der Waals surface area contributed by atoms with Gasteiger partial charge in [-0.3, -0.25) is 4.79 Å². The third kappa shape index (κ3) is 2.41. The van der Waals surface area contributed by atoms with Crippen molar-refractivity contribution in [2.45, 2.75) is 39.5 Å². The van der Waals surface area contributed by atoms with E-state index in [0.29, 0.717) is 5.41 Å². The Kier molecular flexibility index (Phi) is 3.45. The number of carbonyl (C=O) groups excluding carboxylic acids is 1. The van der Waals surface area contributed by atoms with Gasteiger partial charge in [0.25, 0.3) is 5.91 Å². The highest BCUT2D eigenvalue weighted by atomic mass is 16.2. The lowest BCUT2D eigenvalue weighted by atomic mass is 9.78. The molecule has 0 saturated carbocycles. The van der Waals surface area contributed by atoms with E-state index in [-0.39, 0.29) is 5.91 Å². The Bertz CT molecular complexity index is 516. The van der Waals surface area contributed by atoms with Crippen molar-refractivity contribution in [3.05, 3.63) is 29.3 Å². The molecule has 1 fully saturated rings. The van der Waals surface area contributed by atoms with Crippen molar-refractivity contribution in [3.8, 4) is 0 Å². The lowest BCUT2D eigenvalue weighted by molar-refractivity contribution is 0.0600. The molecule has 3 nitrogen and oxygen atoms in total. The van der Waals surface area contributed by atoms with Crippen LogP contribution >= 0.6 is 0 Å². The van der Waals surface area contributed by atoms with E-state index < -0.39 is 0 Å². The molecule has 0 spiro atoms. The number of rotatable bonds is 2. The molecule has 2 aliphatic heterocycles. The van der Waals surface area contributed by atoms with Crippen LogP contribution in [-0.4, -0.2) is 30.4 Å². The Morgan fingerprint density at radius 2 is 2.10 bits per heavy atom. The van der Waals surface area contributed by atoms with E-state index in [1.165, 1.54) is 17.7 Å². The predicted molar refractivity (Wildman–Crippen MR) is 82.2 cm³/mol. The van der Waals surface area contributed by atoms with E-state index in [2.05, 4.69) is 31.3 Å². The fraction of sp³-hybridized carbons (Fsp3) is 0.588. The summed E-state index contributed by atoms with van der Waals surface area (Å²) in [5.74, 6) is 0.206. The topological polar surface area (TPSA) is 32.3 Å². The van der Waals surface area contributed by atoms with Crippen LogP contribution in [0.4, 0.5) is 5.69 Å². The molecule has 1 amide bonds. The summed E-state index contributed by atoms with van der Waals surface area (Å²) in [5.41, 5.74) is 3.76. The summed E-state index contributed by atoms with van der Waals surface area (Å²) in [4.78, 5) is 14.6. The van der Waals surface area contributed by atoms with Gasteiger partial charge in [-0.1, -0.05) is 20.3 Å². The maximum absolute atomic E-state index is 12.6. The lowest BCUT2D eigenvalue weighted by Gasteiger charge is -2.39. The minimum absolute atomic E-state index is 0.206. The van der Waals surface area contributed by atoms with Crippen LogP contribution in [0.15, 0.2) is 18.2 Å². The Labute approximate surface area is 121 Å². The number of nitrogens with zero attached hydrogens (tertiary/aromatic N) is 1. The summed E-state index contributed by atoms with van der Waals surface area (Å²) in [6.45, 7) is 7.39. The van der Waals surface area contributed by atoms with Crippen molar-refractivity contribution in [2.24, 2.45) is 5.41 Å². The molecule has 0 atom stereocenters. The average molecular weight is 272 g/mol. The number of anilines is 1. The zero-order valence-electron chi connectivity index (χ0n) is 12.5. The second-order valence-electron chi connectivity index (χ2n) is 6.51. The fourth-order valence-electron chi connectivity index (χ4n) is 3.22. The smallest absolute Gasteiger partial charge is 0.253 e. The van der Waals surface area contributed by atoms with Gasteiger partial charge < -0.3 is 10.2 Å². The van der Waals surface area contributed by atoms with E-state index in [1.54, 1.807) is 0 Å². The van der Waals surface area contributed by atoms with E-state index in [1.807, 2.05) is 11.0 Å². The van der Waals surface area contributed by atoms with Crippen LogP contribution < -0.4 is 5.32 Å². The van der Waals surface area contributed by atoms with Crippen molar-refractivity contribution in [3.63, 3.8) is 0 Å². The molecule has 108 valence electrons. The summed E-state index contributed by atoms with van der Waals surface area (Å²) in [5, 5.41) is 3.34. The van der Waals surface area contributed by atoms with Crippen LogP contribution in [0.5, 0.6) is 0 Å². The van der Waals surface area contributed by atoms with Gasteiger partial charge in [-0.25, -0.2) is 0 Å². The minimum Gasteiger partial charge on any atom is -0.384 e. The number of amides is 1. The average Bonchev–Trinajstić information content (AvgIpc) is 2.94. The lowest BCUT2D eigenvalue weighted by Crippen LogP contribution is -2.41. The van der Waals surface area contributed by atoms with Crippen LogP contribution in [0, 0.1) is 5.41 Å². The minimum atomic E-state index is 0.206. The Morgan fingerprint density at radius 1 is 1.35 bits per heavy atom. The number of fused-ring (bicyclic) bond motifs is 1. The molecule has 0 aliphatic carbocycles. The summed E-state index contributed by atoms with van der Waals surface area (Å²) in [7, 11) is 0. The molecule has 1 saturated heterocycles. The molecule has 3 heteroatoms. The third-order valence-corrected chi connectivity index (χ3v) is 5.17. The number of carbonyl (C=O) groups is 1. The Balaban J connectivity index is 1.71. The van der Waals surface area contributed by atoms with Crippen LogP contribution in [0.25, 0.3) is 0 Å². The molecule has 1 N–H and O–H groups in total. The SMILES string of the molecule is CCC1(C)CCN(C(=O)c2ccc3c(c2)CCN3)CC1. The fourth-order valence-corrected chi connectivity index (χ4v) is 3.22. The molecule has 0 radical (unpaired) electrons. The van der Waals surface area contributed by atoms with Crippen LogP contribution in [-0.2, 0) is 6.42 Å². The zero-order chi connectivity index (χ0) is 14.2. The van der Waals surface area contributed by atoms with Crippen LogP contribution in [0.2, 0.25) is 0 Å². The monoisotopic (exact) mass is 272 g/mol. The molecule has 3 rings (SSSR count). The summed E-state index contributed by atoms with van der Waals surface area (Å²) < 4.78 is 0. The van der Waals surface area contributed by atoms with Gasteiger partial charge in [0.15, 0.2) is 0 Å². The molecule has 20 heavy (non-hydrogen) atoms. The quantitative estimate of drug-likeness (QED) is 0.896. The second-order valence-corrected chi connectivity index (χ2v) is 6.51.